The fourth-order valence-electron chi connectivity index (χ4n) is 2.22. The smallest absolute Gasteiger partial charge is 0.237 e. The van der Waals surface area contributed by atoms with Gasteiger partial charge in [0.25, 0.3) is 0 Å². The van der Waals surface area contributed by atoms with E-state index in [4.69, 9.17) is 0 Å². The van der Waals surface area contributed by atoms with Gasteiger partial charge in [-0.1, -0.05) is 36.9 Å². The molecule has 1 amide bonds. The third kappa shape index (κ3) is 3.34. The zero-order valence-electron chi connectivity index (χ0n) is 12.9. The fraction of sp³-hybridized carbons (Fsp3) is 0.250. The van der Waals surface area contributed by atoms with Crippen LogP contribution in [-0.2, 0) is 4.79 Å². The van der Waals surface area contributed by atoms with Gasteiger partial charge in [0.05, 0.1) is 11.6 Å². The number of anilines is 1. The Morgan fingerprint density at radius 1 is 1.30 bits per heavy atom. The van der Waals surface area contributed by atoms with Crippen molar-refractivity contribution >= 4 is 34.5 Å². The highest BCUT2D eigenvalue weighted by Crippen LogP contribution is 2.28. The molecule has 3 aromatic rings. The molecular formula is C16H17N5OS. The van der Waals surface area contributed by atoms with E-state index >= 15 is 0 Å². The molecule has 1 atom stereocenters. The fourth-order valence-corrected chi connectivity index (χ4v) is 3.19. The largest absolute Gasteiger partial charge is 0.341 e. The number of aromatic nitrogens is 4. The molecule has 0 aliphatic rings. The lowest BCUT2D eigenvalue weighted by molar-refractivity contribution is -0.115. The predicted molar refractivity (Wildman–Crippen MR) is 91.4 cm³/mol. The van der Waals surface area contributed by atoms with Crippen LogP contribution in [0.2, 0.25) is 0 Å². The summed E-state index contributed by atoms with van der Waals surface area (Å²) in [5.74, 6) is -0.0296. The number of benzene rings is 1. The summed E-state index contributed by atoms with van der Waals surface area (Å²) in [6, 6.07) is 7.74. The normalized spacial score (nSPS) is 12.3. The second-order valence-electron chi connectivity index (χ2n) is 5.10. The Kier molecular flexibility index (Phi) is 4.57. The maximum absolute atomic E-state index is 12.6. The standard InChI is InChI=1S/C16H17N5OS/c1-3-12(15(22)21-11-7-5-4-6-10(11)2)23-16-13-14(18-8-17-13)19-9-20-16/h4-9,12H,3H2,1-2H3,(H,21,22)(H,17,18,19,20)/t12-/m1/s1. The second-order valence-corrected chi connectivity index (χ2v) is 6.29. The lowest BCUT2D eigenvalue weighted by Gasteiger charge is -2.15. The first-order valence-electron chi connectivity index (χ1n) is 7.36. The molecule has 23 heavy (non-hydrogen) atoms. The number of rotatable bonds is 5. The van der Waals surface area contributed by atoms with Gasteiger partial charge in [0.2, 0.25) is 5.91 Å². The van der Waals surface area contributed by atoms with E-state index in [1.54, 1.807) is 6.33 Å². The first-order valence-corrected chi connectivity index (χ1v) is 8.24. The topological polar surface area (TPSA) is 83.6 Å². The van der Waals surface area contributed by atoms with Gasteiger partial charge in [0.1, 0.15) is 16.9 Å². The molecule has 0 spiro atoms. The van der Waals surface area contributed by atoms with Gasteiger partial charge in [0, 0.05) is 5.69 Å². The van der Waals surface area contributed by atoms with Gasteiger partial charge in [-0.05, 0) is 25.0 Å². The highest BCUT2D eigenvalue weighted by atomic mass is 32.2. The van der Waals surface area contributed by atoms with Gasteiger partial charge in [0.15, 0.2) is 5.65 Å². The molecule has 0 saturated heterocycles. The number of aromatic amines is 1. The summed E-state index contributed by atoms with van der Waals surface area (Å²) in [6.07, 6.45) is 3.75. The number of aryl methyl sites for hydroxylation is 1. The molecule has 0 radical (unpaired) electrons. The Balaban J connectivity index is 1.78. The van der Waals surface area contributed by atoms with Gasteiger partial charge in [-0.15, -0.1) is 0 Å². The van der Waals surface area contributed by atoms with E-state index < -0.39 is 0 Å². The van der Waals surface area contributed by atoms with Gasteiger partial charge >= 0.3 is 0 Å². The lowest BCUT2D eigenvalue weighted by Crippen LogP contribution is -2.25. The number of fused-ring (bicyclic) bond motifs is 1. The number of H-pyrrole nitrogens is 1. The van der Waals surface area contributed by atoms with Crippen LogP contribution in [-0.4, -0.2) is 31.1 Å². The van der Waals surface area contributed by atoms with E-state index in [0.717, 1.165) is 21.8 Å². The van der Waals surface area contributed by atoms with Crippen molar-refractivity contribution in [3.63, 3.8) is 0 Å². The number of carbonyl (C=O) groups is 1. The van der Waals surface area contributed by atoms with Crippen LogP contribution in [0.1, 0.15) is 18.9 Å². The predicted octanol–water partition coefficient (Wildman–Crippen LogP) is 3.17. The molecule has 0 bridgehead atoms. The molecule has 1 aromatic carbocycles. The van der Waals surface area contributed by atoms with Crippen molar-refractivity contribution in [2.75, 3.05) is 5.32 Å². The minimum Gasteiger partial charge on any atom is -0.341 e. The van der Waals surface area contributed by atoms with Crippen molar-refractivity contribution in [2.45, 2.75) is 30.5 Å². The van der Waals surface area contributed by atoms with E-state index in [0.29, 0.717) is 12.1 Å². The molecule has 2 heterocycles. The summed E-state index contributed by atoms with van der Waals surface area (Å²) in [6.45, 7) is 3.96. The van der Waals surface area contributed by atoms with Crippen molar-refractivity contribution in [1.82, 2.24) is 19.9 Å². The van der Waals surface area contributed by atoms with E-state index in [-0.39, 0.29) is 11.2 Å². The first-order chi connectivity index (χ1) is 11.2. The van der Waals surface area contributed by atoms with Gasteiger partial charge < -0.3 is 10.3 Å². The lowest BCUT2D eigenvalue weighted by atomic mass is 10.2. The molecule has 2 N–H and O–H groups in total. The highest BCUT2D eigenvalue weighted by molar-refractivity contribution is 8.00. The molecule has 0 aliphatic heterocycles. The minimum atomic E-state index is -0.240. The van der Waals surface area contributed by atoms with E-state index in [1.807, 2.05) is 38.1 Å². The number of para-hydroxylation sites is 1. The maximum Gasteiger partial charge on any atom is 0.237 e. The highest BCUT2D eigenvalue weighted by Gasteiger charge is 2.21. The van der Waals surface area contributed by atoms with Crippen molar-refractivity contribution in [1.29, 1.82) is 0 Å². The van der Waals surface area contributed by atoms with Crippen LogP contribution in [0.4, 0.5) is 5.69 Å². The molecule has 0 saturated carbocycles. The van der Waals surface area contributed by atoms with Crippen LogP contribution < -0.4 is 5.32 Å². The minimum absolute atomic E-state index is 0.0296. The number of imidazole rings is 1. The second kappa shape index (κ2) is 6.78. The van der Waals surface area contributed by atoms with Crippen molar-refractivity contribution in [3.05, 3.63) is 42.5 Å². The summed E-state index contributed by atoms with van der Waals surface area (Å²) in [5.41, 5.74) is 3.25. The number of nitrogens with one attached hydrogen (secondary N) is 2. The Bertz CT molecular complexity index is 832. The molecule has 7 heteroatoms. The summed E-state index contributed by atoms with van der Waals surface area (Å²) in [4.78, 5) is 28.1. The van der Waals surface area contributed by atoms with Crippen LogP contribution in [0.3, 0.4) is 0 Å². The van der Waals surface area contributed by atoms with Crippen LogP contribution in [0.25, 0.3) is 11.2 Å². The van der Waals surface area contributed by atoms with E-state index in [1.165, 1.54) is 18.1 Å². The van der Waals surface area contributed by atoms with Gasteiger partial charge in [-0.2, -0.15) is 0 Å². The zero-order chi connectivity index (χ0) is 16.2. The molecule has 6 nitrogen and oxygen atoms in total. The number of carbonyl (C=O) groups excluding carboxylic acids is 1. The number of hydrogen-bond acceptors (Lipinski definition) is 5. The molecule has 3 rings (SSSR count). The number of hydrogen-bond donors (Lipinski definition) is 2. The third-order valence-electron chi connectivity index (χ3n) is 3.51. The quantitative estimate of drug-likeness (QED) is 0.555. The Hall–Kier alpha value is -2.41. The van der Waals surface area contributed by atoms with Crippen LogP contribution >= 0.6 is 11.8 Å². The Labute approximate surface area is 138 Å². The average molecular weight is 327 g/mol. The van der Waals surface area contributed by atoms with Crippen molar-refractivity contribution in [3.8, 4) is 0 Å². The molecular weight excluding hydrogens is 310 g/mol. The summed E-state index contributed by atoms with van der Waals surface area (Å²) in [5, 5.41) is 3.49. The zero-order valence-corrected chi connectivity index (χ0v) is 13.7. The maximum atomic E-state index is 12.6. The average Bonchev–Trinajstić information content (AvgIpc) is 3.04. The first kappa shape index (κ1) is 15.5. The summed E-state index contributed by atoms with van der Waals surface area (Å²) in [7, 11) is 0. The monoisotopic (exact) mass is 327 g/mol. The van der Waals surface area contributed by atoms with Crippen LogP contribution in [0.5, 0.6) is 0 Å². The molecule has 118 valence electrons. The molecule has 0 aliphatic carbocycles. The third-order valence-corrected chi connectivity index (χ3v) is 4.87. The van der Waals surface area contributed by atoms with Crippen molar-refractivity contribution in [2.24, 2.45) is 0 Å². The van der Waals surface area contributed by atoms with E-state index in [2.05, 4.69) is 25.3 Å². The van der Waals surface area contributed by atoms with Crippen LogP contribution in [0, 0.1) is 6.92 Å². The number of thioether (sulfide) groups is 1. The Morgan fingerprint density at radius 3 is 2.91 bits per heavy atom. The SMILES string of the molecule is CC[C@@H](Sc1ncnc2nc[nH]c12)C(=O)Nc1ccccc1C. The van der Waals surface area contributed by atoms with Crippen LogP contribution in [0.15, 0.2) is 41.9 Å². The summed E-state index contributed by atoms with van der Waals surface area (Å²) >= 11 is 1.42. The number of nitrogens with zero attached hydrogens (tertiary/aromatic N) is 3. The Morgan fingerprint density at radius 2 is 2.13 bits per heavy atom. The number of amides is 1. The molecule has 2 aromatic heterocycles. The van der Waals surface area contributed by atoms with Crippen molar-refractivity contribution < 1.29 is 4.79 Å². The van der Waals surface area contributed by atoms with E-state index in [9.17, 15) is 4.79 Å². The molecule has 0 unspecified atom stereocenters. The van der Waals surface area contributed by atoms with Gasteiger partial charge in [-0.25, -0.2) is 15.0 Å². The molecule has 0 fully saturated rings. The summed E-state index contributed by atoms with van der Waals surface area (Å²) < 4.78 is 0. The van der Waals surface area contributed by atoms with Gasteiger partial charge in [-0.3, -0.25) is 4.79 Å².